The molecule has 0 spiro atoms. The van der Waals surface area contributed by atoms with Gasteiger partial charge in [0, 0.05) is 13.0 Å². The first kappa shape index (κ1) is 14.1. The Bertz CT molecular complexity index is 437. The number of nitrogen functional groups attached to an aromatic ring is 1. The fourth-order valence-corrected chi connectivity index (χ4v) is 1.36. The van der Waals surface area contributed by atoms with Crippen molar-refractivity contribution in [3.05, 3.63) is 17.8 Å². The molecule has 0 unspecified atom stereocenters. The predicted octanol–water partition coefficient (Wildman–Crippen LogP) is 2.68. The molecule has 0 aliphatic carbocycles. The summed E-state index contributed by atoms with van der Waals surface area (Å²) in [5.41, 5.74) is 6.11. The van der Waals surface area contributed by atoms with Crippen LogP contribution in [0, 0.1) is 11.3 Å². The number of pyridine rings is 1. The van der Waals surface area contributed by atoms with E-state index in [1.54, 1.807) is 0 Å². The zero-order chi connectivity index (χ0) is 13.6. The van der Waals surface area contributed by atoms with Crippen molar-refractivity contribution in [3.8, 4) is 6.07 Å². The first-order valence-corrected chi connectivity index (χ1v) is 5.38. The zero-order valence-electron chi connectivity index (χ0n) is 9.59. The summed E-state index contributed by atoms with van der Waals surface area (Å²) in [6.45, 7) is 0.335. The molecule has 0 amide bonds. The molecular formula is C11H13F3N4. The van der Waals surface area contributed by atoms with Crippen LogP contribution in [0.15, 0.2) is 12.3 Å². The summed E-state index contributed by atoms with van der Waals surface area (Å²) in [6.07, 6.45) is -3.12. The minimum atomic E-state index is -4.11. The van der Waals surface area contributed by atoms with E-state index < -0.39 is 12.6 Å². The monoisotopic (exact) mass is 258 g/mol. The predicted molar refractivity (Wildman–Crippen MR) is 61.8 cm³/mol. The Morgan fingerprint density at radius 1 is 1.39 bits per heavy atom. The molecule has 0 aliphatic rings. The van der Waals surface area contributed by atoms with Crippen LogP contribution in [0.25, 0.3) is 0 Å². The SMILES string of the molecule is N#Cc1cc(N)cnc1NCCCCC(F)(F)F. The summed E-state index contributed by atoms with van der Waals surface area (Å²) in [4.78, 5) is 3.91. The second-order valence-corrected chi connectivity index (χ2v) is 3.78. The Hall–Kier alpha value is -1.97. The molecular weight excluding hydrogens is 245 g/mol. The van der Waals surface area contributed by atoms with E-state index in [4.69, 9.17) is 11.0 Å². The molecule has 0 saturated heterocycles. The molecule has 0 fully saturated rings. The molecule has 1 aromatic heterocycles. The maximum Gasteiger partial charge on any atom is 0.389 e. The average Bonchev–Trinajstić information content (AvgIpc) is 2.28. The van der Waals surface area contributed by atoms with Gasteiger partial charge in [-0.05, 0) is 18.9 Å². The normalized spacial score (nSPS) is 11.0. The molecule has 0 saturated carbocycles. The van der Waals surface area contributed by atoms with Gasteiger partial charge >= 0.3 is 6.18 Å². The number of hydrogen-bond acceptors (Lipinski definition) is 4. The van der Waals surface area contributed by atoms with E-state index in [-0.39, 0.29) is 12.0 Å². The lowest BCUT2D eigenvalue weighted by atomic mass is 10.2. The van der Waals surface area contributed by atoms with Crippen molar-refractivity contribution < 1.29 is 13.2 Å². The van der Waals surface area contributed by atoms with Gasteiger partial charge in [0.05, 0.1) is 17.4 Å². The molecule has 18 heavy (non-hydrogen) atoms. The Morgan fingerprint density at radius 2 is 2.11 bits per heavy atom. The second-order valence-electron chi connectivity index (χ2n) is 3.78. The largest absolute Gasteiger partial charge is 0.397 e. The number of nitrogens with two attached hydrogens (primary N) is 1. The lowest BCUT2D eigenvalue weighted by molar-refractivity contribution is -0.135. The van der Waals surface area contributed by atoms with Crippen molar-refractivity contribution in [1.82, 2.24) is 4.98 Å². The Kier molecular flexibility index (Phi) is 4.77. The number of rotatable bonds is 5. The van der Waals surface area contributed by atoms with E-state index in [0.717, 1.165) is 0 Å². The van der Waals surface area contributed by atoms with Gasteiger partial charge in [-0.3, -0.25) is 0 Å². The van der Waals surface area contributed by atoms with Crippen LogP contribution in [-0.2, 0) is 0 Å². The summed E-state index contributed by atoms with van der Waals surface area (Å²) in [5.74, 6) is 0.346. The summed E-state index contributed by atoms with van der Waals surface area (Å²) in [5, 5.41) is 11.6. The summed E-state index contributed by atoms with van der Waals surface area (Å²) < 4.78 is 35.6. The van der Waals surface area contributed by atoms with Gasteiger partial charge in [-0.2, -0.15) is 18.4 Å². The van der Waals surface area contributed by atoms with Crippen LogP contribution in [0.3, 0.4) is 0 Å². The number of unbranched alkanes of at least 4 members (excludes halogenated alkanes) is 1. The van der Waals surface area contributed by atoms with Crippen LogP contribution in [0.5, 0.6) is 0 Å². The number of aromatic nitrogens is 1. The van der Waals surface area contributed by atoms with Crippen molar-refractivity contribution in [2.75, 3.05) is 17.6 Å². The van der Waals surface area contributed by atoms with E-state index in [1.165, 1.54) is 12.3 Å². The van der Waals surface area contributed by atoms with Crippen molar-refractivity contribution in [2.45, 2.75) is 25.4 Å². The molecule has 4 nitrogen and oxygen atoms in total. The minimum Gasteiger partial charge on any atom is -0.397 e. The smallest absolute Gasteiger partial charge is 0.389 e. The Morgan fingerprint density at radius 3 is 2.72 bits per heavy atom. The number of nitrogens with one attached hydrogen (secondary N) is 1. The maximum absolute atomic E-state index is 11.9. The Labute approximate surface area is 103 Å². The van der Waals surface area contributed by atoms with Crippen molar-refractivity contribution in [1.29, 1.82) is 5.26 Å². The first-order valence-electron chi connectivity index (χ1n) is 5.38. The molecule has 1 aromatic rings. The second kappa shape index (κ2) is 6.10. The van der Waals surface area contributed by atoms with Crippen LogP contribution in [0.4, 0.5) is 24.7 Å². The molecule has 0 aromatic carbocycles. The molecule has 1 heterocycles. The average molecular weight is 258 g/mol. The fourth-order valence-electron chi connectivity index (χ4n) is 1.36. The third-order valence-corrected chi connectivity index (χ3v) is 2.21. The topological polar surface area (TPSA) is 74.7 Å². The van der Waals surface area contributed by atoms with Gasteiger partial charge < -0.3 is 11.1 Å². The summed E-state index contributed by atoms with van der Waals surface area (Å²) in [6, 6.07) is 3.38. The van der Waals surface area contributed by atoms with E-state index in [9.17, 15) is 13.2 Å². The molecule has 3 N–H and O–H groups in total. The Balaban J connectivity index is 2.38. The van der Waals surface area contributed by atoms with Crippen LogP contribution < -0.4 is 11.1 Å². The standard InChI is InChI=1S/C11H13F3N4/c12-11(13,14)3-1-2-4-17-10-8(6-15)5-9(16)7-18-10/h5,7H,1-4,16H2,(H,17,18). The lowest BCUT2D eigenvalue weighted by Gasteiger charge is -2.08. The number of nitriles is 1. The molecule has 98 valence electrons. The van der Waals surface area contributed by atoms with E-state index >= 15 is 0 Å². The van der Waals surface area contributed by atoms with E-state index in [0.29, 0.717) is 24.5 Å². The van der Waals surface area contributed by atoms with Crippen LogP contribution >= 0.6 is 0 Å². The van der Waals surface area contributed by atoms with Gasteiger partial charge in [-0.15, -0.1) is 0 Å². The van der Waals surface area contributed by atoms with Crippen molar-refractivity contribution in [3.63, 3.8) is 0 Å². The van der Waals surface area contributed by atoms with Crippen LogP contribution in [0.2, 0.25) is 0 Å². The highest BCUT2D eigenvalue weighted by Crippen LogP contribution is 2.22. The summed E-state index contributed by atoms with van der Waals surface area (Å²) >= 11 is 0. The highest BCUT2D eigenvalue weighted by Gasteiger charge is 2.25. The number of alkyl halides is 3. The number of hydrogen-bond donors (Lipinski definition) is 2. The molecule has 7 heteroatoms. The molecule has 0 radical (unpaired) electrons. The van der Waals surface area contributed by atoms with Crippen molar-refractivity contribution in [2.24, 2.45) is 0 Å². The third-order valence-electron chi connectivity index (χ3n) is 2.21. The van der Waals surface area contributed by atoms with Gasteiger partial charge in [0.25, 0.3) is 0 Å². The van der Waals surface area contributed by atoms with E-state index in [1.807, 2.05) is 6.07 Å². The molecule has 0 bridgehead atoms. The third kappa shape index (κ3) is 4.91. The quantitative estimate of drug-likeness (QED) is 0.796. The van der Waals surface area contributed by atoms with Crippen LogP contribution in [-0.4, -0.2) is 17.7 Å². The van der Waals surface area contributed by atoms with Crippen molar-refractivity contribution >= 4 is 11.5 Å². The zero-order valence-corrected chi connectivity index (χ0v) is 9.59. The molecule has 1 rings (SSSR count). The number of nitrogens with zero attached hydrogens (tertiary/aromatic N) is 2. The number of halogens is 3. The molecule has 0 aliphatic heterocycles. The first-order chi connectivity index (χ1) is 8.42. The summed E-state index contributed by atoms with van der Waals surface area (Å²) in [7, 11) is 0. The van der Waals surface area contributed by atoms with Gasteiger partial charge in [0.2, 0.25) is 0 Å². The van der Waals surface area contributed by atoms with Gasteiger partial charge in [0.1, 0.15) is 11.9 Å². The highest BCUT2D eigenvalue weighted by molar-refractivity contribution is 5.57. The van der Waals surface area contributed by atoms with E-state index in [2.05, 4.69) is 10.3 Å². The molecule has 0 atom stereocenters. The maximum atomic E-state index is 11.9. The van der Waals surface area contributed by atoms with Crippen LogP contribution in [0.1, 0.15) is 24.8 Å². The number of anilines is 2. The lowest BCUT2D eigenvalue weighted by Crippen LogP contribution is -2.10. The highest BCUT2D eigenvalue weighted by atomic mass is 19.4. The van der Waals surface area contributed by atoms with Gasteiger partial charge in [0.15, 0.2) is 0 Å². The fraction of sp³-hybridized carbons (Fsp3) is 0.455. The van der Waals surface area contributed by atoms with Gasteiger partial charge in [-0.1, -0.05) is 0 Å². The van der Waals surface area contributed by atoms with Gasteiger partial charge in [-0.25, -0.2) is 4.98 Å². The minimum absolute atomic E-state index is 0.0490.